The first kappa shape index (κ1) is 25.2. The minimum atomic E-state index is -3.49. The van der Waals surface area contributed by atoms with Crippen LogP contribution in [0.5, 0.6) is 0 Å². The van der Waals surface area contributed by atoms with Crippen molar-refractivity contribution in [3.63, 3.8) is 0 Å². The van der Waals surface area contributed by atoms with Gasteiger partial charge in [-0.25, -0.2) is 13.4 Å². The number of rotatable bonds is 11. The molecular weight excluding hydrogens is 473 g/mol. The molecular formula is C21H26FN3O6S2. The third-order valence-corrected chi connectivity index (χ3v) is 7.64. The number of benzene rings is 1. The molecule has 2 aromatic rings. The monoisotopic (exact) mass is 499 g/mol. The van der Waals surface area contributed by atoms with Crippen LogP contribution in [-0.4, -0.2) is 63.8 Å². The van der Waals surface area contributed by atoms with Gasteiger partial charge in [-0.1, -0.05) is 28.6 Å². The standard InChI is InChI=1S/C21H26FN3O6S2/c1-29-10-3-11-33(27,28)17-8-4-14(5-9-17)19(20(26)24-21-23-13-18(22)32-21)25-31-16-7-6-15(12-16)30-2/h4-5,8-9,13,15-16H,3,6-7,10-12H2,1-2H3,(H,23,24,26)/t15-,16-/m1/s1. The van der Waals surface area contributed by atoms with E-state index in [0.717, 1.165) is 19.0 Å². The summed E-state index contributed by atoms with van der Waals surface area (Å²) >= 11 is 0.679. The Morgan fingerprint density at radius 1 is 1.24 bits per heavy atom. The average molecular weight is 500 g/mol. The van der Waals surface area contributed by atoms with E-state index in [1.807, 2.05) is 0 Å². The van der Waals surface area contributed by atoms with E-state index in [2.05, 4.69) is 15.5 Å². The lowest BCUT2D eigenvalue weighted by Gasteiger charge is -2.12. The number of sulfone groups is 1. The summed E-state index contributed by atoms with van der Waals surface area (Å²) in [7, 11) is -0.348. The van der Waals surface area contributed by atoms with Gasteiger partial charge >= 0.3 is 0 Å². The van der Waals surface area contributed by atoms with Gasteiger partial charge < -0.3 is 14.3 Å². The number of nitrogens with one attached hydrogen (secondary N) is 1. The number of anilines is 1. The summed E-state index contributed by atoms with van der Waals surface area (Å²) in [6.45, 7) is 0.341. The second-order valence-electron chi connectivity index (χ2n) is 7.45. The van der Waals surface area contributed by atoms with Gasteiger partial charge in [0.05, 0.1) is 22.9 Å². The van der Waals surface area contributed by atoms with E-state index < -0.39 is 20.9 Å². The summed E-state index contributed by atoms with van der Waals surface area (Å²) in [5, 5.41) is 6.09. The number of methoxy groups -OCH3 is 2. The smallest absolute Gasteiger partial charge is 0.280 e. The second-order valence-corrected chi connectivity index (χ2v) is 10.5. The van der Waals surface area contributed by atoms with Crippen molar-refractivity contribution >= 4 is 37.9 Å². The third kappa shape index (κ3) is 7.03. The molecule has 1 aromatic carbocycles. The zero-order valence-electron chi connectivity index (χ0n) is 18.3. The quantitative estimate of drug-likeness (QED) is 0.287. The summed E-state index contributed by atoms with van der Waals surface area (Å²) in [6.07, 6.45) is 3.43. The largest absolute Gasteiger partial charge is 0.392 e. The Hall–Kier alpha value is -2.41. The Morgan fingerprint density at radius 3 is 2.58 bits per heavy atom. The van der Waals surface area contributed by atoms with Crippen LogP contribution in [0.1, 0.15) is 31.2 Å². The normalized spacial score (nSPS) is 18.9. The Kier molecular flexibility index (Phi) is 8.89. The predicted molar refractivity (Wildman–Crippen MR) is 122 cm³/mol. The van der Waals surface area contributed by atoms with Gasteiger partial charge in [-0.05, 0) is 31.4 Å². The van der Waals surface area contributed by atoms with Gasteiger partial charge in [0, 0.05) is 32.8 Å². The van der Waals surface area contributed by atoms with E-state index in [1.165, 1.54) is 31.4 Å². The topological polar surface area (TPSA) is 116 Å². The van der Waals surface area contributed by atoms with Gasteiger partial charge in [0.15, 0.2) is 25.8 Å². The molecule has 0 bridgehead atoms. The van der Waals surface area contributed by atoms with E-state index >= 15 is 0 Å². The van der Waals surface area contributed by atoms with Crippen molar-refractivity contribution in [2.75, 3.05) is 31.9 Å². The van der Waals surface area contributed by atoms with Crippen molar-refractivity contribution in [2.24, 2.45) is 5.16 Å². The molecule has 0 saturated heterocycles. The van der Waals surface area contributed by atoms with Crippen LogP contribution >= 0.6 is 11.3 Å². The van der Waals surface area contributed by atoms with Gasteiger partial charge in [0.2, 0.25) is 0 Å². The molecule has 1 aliphatic rings. The number of thiazole rings is 1. The van der Waals surface area contributed by atoms with E-state index in [4.69, 9.17) is 14.3 Å². The maximum atomic E-state index is 13.3. The first-order chi connectivity index (χ1) is 15.8. The maximum Gasteiger partial charge on any atom is 0.280 e. The second kappa shape index (κ2) is 11.6. The SMILES string of the molecule is COCCCS(=O)(=O)c1ccc(C(=NO[C@@H]2CC[C@@H](OC)C2)C(=O)Nc2ncc(F)s2)cc1. The van der Waals surface area contributed by atoms with Crippen LogP contribution in [0.2, 0.25) is 0 Å². The molecule has 9 nitrogen and oxygen atoms in total. The highest BCUT2D eigenvalue weighted by Crippen LogP contribution is 2.25. The van der Waals surface area contributed by atoms with Crippen LogP contribution in [0.3, 0.4) is 0 Å². The van der Waals surface area contributed by atoms with Crippen molar-refractivity contribution in [2.45, 2.75) is 42.8 Å². The average Bonchev–Trinajstić information content (AvgIpc) is 3.43. The molecule has 33 heavy (non-hydrogen) atoms. The van der Waals surface area contributed by atoms with Gasteiger partial charge in [0.1, 0.15) is 6.10 Å². The van der Waals surface area contributed by atoms with E-state index in [9.17, 15) is 17.6 Å². The van der Waals surface area contributed by atoms with Crippen molar-refractivity contribution < 1.29 is 31.9 Å². The number of amides is 1. The molecule has 1 N–H and O–H groups in total. The zero-order valence-corrected chi connectivity index (χ0v) is 20.0. The van der Waals surface area contributed by atoms with Crippen LogP contribution in [0.25, 0.3) is 0 Å². The van der Waals surface area contributed by atoms with Gasteiger partial charge in [0.25, 0.3) is 5.91 Å². The molecule has 1 amide bonds. The zero-order chi connectivity index (χ0) is 23.8. The lowest BCUT2D eigenvalue weighted by molar-refractivity contribution is -0.110. The van der Waals surface area contributed by atoms with Crippen LogP contribution < -0.4 is 5.32 Å². The summed E-state index contributed by atoms with van der Waals surface area (Å²) < 4.78 is 48.5. The highest BCUT2D eigenvalue weighted by Gasteiger charge is 2.27. The molecule has 1 fully saturated rings. The fourth-order valence-corrected chi connectivity index (χ4v) is 5.19. The number of ether oxygens (including phenoxy) is 2. The van der Waals surface area contributed by atoms with Crippen LogP contribution in [0, 0.1) is 5.13 Å². The molecule has 0 radical (unpaired) electrons. The Balaban J connectivity index is 1.80. The summed E-state index contributed by atoms with van der Waals surface area (Å²) in [5.74, 6) is -0.704. The fraction of sp³-hybridized carbons (Fsp3) is 0.476. The number of nitrogens with zero attached hydrogens (tertiary/aromatic N) is 2. The first-order valence-electron chi connectivity index (χ1n) is 10.3. The maximum absolute atomic E-state index is 13.3. The molecule has 1 heterocycles. The van der Waals surface area contributed by atoms with Crippen LogP contribution in [0.15, 0.2) is 40.5 Å². The molecule has 1 aromatic heterocycles. The van der Waals surface area contributed by atoms with E-state index in [1.54, 1.807) is 7.11 Å². The molecule has 0 unspecified atom stereocenters. The van der Waals surface area contributed by atoms with Crippen LogP contribution in [-0.2, 0) is 28.9 Å². The Bertz CT molecular complexity index is 1070. The minimum absolute atomic E-state index is 0.0529. The number of hydrogen-bond acceptors (Lipinski definition) is 9. The van der Waals surface area contributed by atoms with Crippen molar-refractivity contribution in [3.05, 3.63) is 41.2 Å². The third-order valence-electron chi connectivity index (χ3n) is 5.12. The number of halogens is 1. The van der Waals surface area contributed by atoms with Gasteiger partial charge in [-0.2, -0.15) is 4.39 Å². The highest BCUT2D eigenvalue weighted by molar-refractivity contribution is 7.91. The number of hydrogen-bond donors (Lipinski definition) is 1. The molecule has 0 aliphatic heterocycles. The Labute approximate surface area is 195 Å². The molecule has 12 heteroatoms. The lowest BCUT2D eigenvalue weighted by Crippen LogP contribution is -2.25. The number of aromatic nitrogens is 1. The fourth-order valence-electron chi connectivity index (χ4n) is 3.36. The summed E-state index contributed by atoms with van der Waals surface area (Å²) in [5.41, 5.74) is 0.275. The molecule has 1 saturated carbocycles. The predicted octanol–water partition coefficient (Wildman–Crippen LogP) is 3.02. The molecule has 2 atom stereocenters. The number of carbonyl (C=O) groups is 1. The van der Waals surface area contributed by atoms with Gasteiger partial charge in [-0.15, -0.1) is 0 Å². The van der Waals surface area contributed by atoms with E-state index in [-0.39, 0.29) is 33.7 Å². The van der Waals surface area contributed by atoms with Crippen LogP contribution in [0.4, 0.5) is 9.52 Å². The first-order valence-corrected chi connectivity index (χ1v) is 12.8. The van der Waals surface area contributed by atoms with E-state index in [0.29, 0.717) is 36.3 Å². The number of oxime groups is 1. The highest BCUT2D eigenvalue weighted by atomic mass is 32.2. The molecule has 3 rings (SSSR count). The van der Waals surface area contributed by atoms with Crippen molar-refractivity contribution in [1.82, 2.24) is 4.98 Å². The lowest BCUT2D eigenvalue weighted by atomic mass is 10.1. The van der Waals surface area contributed by atoms with Crippen molar-refractivity contribution in [1.29, 1.82) is 0 Å². The number of carbonyl (C=O) groups excluding carboxylic acids is 1. The van der Waals surface area contributed by atoms with Crippen molar-refractivity contribution in [3.8, 4) is 0 Å². The minimum Gasteiger partial charge on any atom is -0.392 e. The van der Waals surface area contributed by atoms with Gasteiger partial charge in [-0.3, -0.25) is 10.1 Å². The summed E-state index contributed by atoms with van der Waals surface area (Å²) in [4.78, 5) is 22.4. The molecule has 0 spiro atoms. The molecule has 180 valence electrons. The molecule has 1 aliphatic carbocycles. The summed E-state index contributed by atoms with van der Waals surface area (Å²) in [6, 6.07) is 5.81. The Morgan fingerprint density at radius 2 is 1.97 bits per heavy atom.